The molecule has 0 aliphatic carbocycles. The van der Waals surface area contributed by atoms with Crippen molar-refractivity contribution in [2.75, 3.05) is 25.0 Å². The second-order valence-corrected chi connectivity index (χ2v) is 4.21. The zero-order chi connectivity index (χ0) is 12.7. The van der Waals surface area contributed by atoms with Gasteiger partial charge < -0.3 is 10.2 Å². The monoisotopic (exact) mass is 251 g/mol. The van der Waals surface area contributed by atoms with Crippen LogP contribution in [0.15, 0.2) is 12.3 Å². The summed E-state index contributed by atoms with van der Waals surface area (Å²) in [6, 6.07) is 1.93. The molecule has 1 N–H and O–H groups in total. The highest BCUT2D eigenvalue weighted by Crippen LogP contribution is 2.24. The zero-order valence-corrected chi connectivity index (χ0v) is 11.1. The van der Waals surface area contributed by atoms with Gasteiger partial charge in [-0.2, -0.15) is 0 Å². The first-order valence-electron chi connectivity index (χ1n) is 5.70. The van der Waals surface area contributed by atoms with Crippen molar-refractivity contribution < 1.29 is 0 Å². The van der Waals surface area contributed by atoms with Gasteiger partial charge in [-0.15, -0.1) is 6.42 Å². The molecular weight excluding hydrogens is 234 g/mol. The fourth-order valence-corrected chi connectivity index (χ4v) is 1.95. The Morgan fingerprint density at radius 3 is 2.88 bits per heavy atom. The second kappa shape index (κ2) is 7.16. The lowest BCUT2D eigenvalue weighted by molar-refractivity contribution is 0.795. The number of anilines is 1. The summed E-state index contributed by atoms with van der Waals surface area (Å²) in [5, 5.41) is 3.72. The van der Waals surface area contributed by atoms with Crippen LogP contribution in [0.1, 0.15) is 18.9 Å². The maximum Gasteiger partial charge on any atom is 0.148 e. The number of terminal acetylenes is 1. The van der Waals surface area contributed by atoms with Crippen LogP contribution >= 0.6 is 11.6 Å². The highest BCUT2D eigenvalue weighted by atomic mass is 35.5. The smallest absolute Gasteiger partial charge is 0.148 e. The van der Waals surface area contributed by atoms with E-state index >= 15 is 0 Å². The number of aromatic nitrogens is 1. The molecule has 0 spiro atoms. The van der Waals surface area contributed by atoms with E-state index in [1.807, 2.05) is 24.2 Å². The van der Waals surface area contributed by atoms with Gasteiger partial charge in [0, 0.05) is 19.3 Å². The number of pyridine rings is 1. The first-order chi connectivity index (χ1) is 8.22. The second-order valence-electron chi connectivity index (χ2n) is 3.81. The SMILES string of the molecule is C#CCN(CCC)c1ncc(CNC)cc1Cl. The molecule has 0 saturated carbocycles. The summed E-state index contributed by atoms with van der Waals surface area (Å²) in [5.74, 6) is 3.40. The molecule has 92 valence electrons. The van der Waals surface area contributed by atoms with Crippen LogP contribution in [0.4, 0.5) is 5.82 Å². The Morgan fingerprint density at radius 2 is 2.35 bits per heavy atom. The van der Waals surface area contributed by atoms with Crippen molar-refractivity contribution in [2.45, 2.75) is 19.9 Å². The molecule has 0 aliphatic heterocycles. The first-order valence-corrected chi connectivity index (χ1v) is 6.08. The van der Waals surface area contributed by atoms with Crippen molar-refractivity contribution in [1.82, 2.24) is 10.3 Å². The molecule has 17 heavy (non-hydrogen) atoms. The molecule has 0 aromatic carbocycles. The molecule has 0 aliphatic rings. The van der Waals surface area contributed by atoms with Crippen LogP contribution in [-0.4, -0.2) is 25.1 Å². The Bertz CT molecular complexity index is 398. The number of nitrogens with one attached hydrogen (secondary N) is 1. The van der Waals surface area contributed by atoms with Gasteiger partial charge in [-0.1, -0.05) is 24.4 Å². The minimum Gasteiger partial charge on any atom is -0.344 e. The first kappa shape index (κ1) is 13.8. The summed E-state index contributed by atoms with van der Waals surface area (Å²) in [5.41, 5.74) is 1.07. The van der Waals surface area contributed by atoms with Gasteiger partial charge in [0.2, 0.25) is 0 Å². The molecule has 1 heterocycles. The molecule has 1 aromatic rings. The van der Waals surface area contributed by atoms with Gasteiger partial charge in [-0.05, 0) is 25.1 Å². The van der Waals surface area contributed by atoms with Crippen LogP contribution in [-0.2, 0) is 6.54 Å². The fraction of sp³-hybridized carbons (Fsp3) is 0.462. The van der Waals surface area contributed by atoms with Crippen molar-refractivity contribution >= 4 is 17.4 Å². The molecule has 0 atom stereocenters. The van der Waals surface area contributed by atoms with Gasteiger partial charge in [0.1, 0.15) is 5.82 Å². The van der Waals surface area contributed by atoms with Gasteiger partial charge in [-0.25, -0.2) is 4.98 Å². The standard InChI is InChI=1S/C13H18ClN3/c1-4-6-17(7-5-2)13-12(14)8-11(9-15-3)10-16-13/h1,8,10,15H,5-7,9H2,2-3H3. The van der Waals surface area contributed by atoms with E-state index < -0.39 is 0 Å². The van der Waals surface area contributed by atoms with Crippen LogP contribution in [0.5, 0.6) is 0 Å². The third kappa shape index (κ3) is 3.92. The van der Waals surface area contributed by atoms with Crippen molar-refractivity contribution in [2.24, 2.45) is 0 Å². The van der Waals surface area contributed by atoms with Crippen LogP contribution in [0.2, 0.25) is 5.02 Å². The van der Waals surface area contributed by atoms with E-state index in [9.17, 15) is 0 Å². The average Bonchev–Trinajstić information content (AvgIpc) is 2.29. The molecule has 0 bridgehead atoms. The zero-order valence-electron chi connectivity index (χ0n) is 10.3. The van der Waals surface area contributed by atoms with Gasteiger partial charge in [0.25, 0.3) is 0 Å². The Labute approximate surface area is 108 Å². The molecule has 0 unspecified atom stereocenters. The lowest BCUT2D eigenvalue weighted by Gasteiger charge is -2.21. The van der Waals surface area contributed by atoms with E-state index in [1.54, 1.807) is 0 Å². The van der Waals surface area contributed by atoms with Gasteiger partial charge in [-0.3, -0.25) is 0 Å². The number of nitrogens with zero attached hydrogens (tertiary/aromatic N) is 2. The van der Waals surface area contributed by atoms with E-state index in [1.165, 1.54) is 0 Å². The van der Waals surface area contributed by atoms with E-state index in [2.05, 4.69) is 23.1 Å². The van der Waals surface area contributed by atoms with E-state index in [0.29, 0.717) is 11.6 Å². The van der Waals surface area contributed by atoms with Crippen molar-refractivity contribution in [3.05, 3.63) is 22.8 Å². The van der Waals surface area contributed by atoms with Crippen molar-refractivity contribution in [3.63, 3.8) is 0 Å². The van der Waals surface area contributed by atoms with Gasteiger partial charge in [0.15, 0.2) is 0 Å². The summed E-state index contributed by atoms with van der Waals surface area (Å²) >= 11 is 6.23. The predicted molar refractivity (Wildman–Crippen MR) is 73.3 cm³/mol. The summed E-state index contributed by atoms with van der Waals surface area (Å²) in [6.07, 6.45) is 8.19. The molecule has 4 heteroatoms. The van der Waals surface area contributed by atoms with Crippen LogP contribution in [0.3, 0.4) is 0 Å². The fourth-order valence-electron chi connectivity index (χ4n) is 1.64. The minimum atomic E-state index is 0.534. The lowest BCUT2D eigenvalue weighted by atomic mass is 10.2. The average molecular weight is 252 g/mol. The summed E-state index contributed by atoms with van der Waals surface area (Å²) in [6.45, 7) is 4.26. The molecule has 0 radical (unpaired) electrons. The largest absolute Gasteiger partial charge is 0.344 e. The normalized spacial score (nSPS) is 10.0. The molecule has 3 nitrogen and oxygen atoms in total. The Balaban J connectivity index is 2.92. The van der Waals surface area contributed by atoms with Gasteiger partial charge >= 0.3 is 0 Å². The minimum absolute atomic E-state index is 0.534. The third-order valence-corrected chi connectivity index (χ3v) is 2.61. The molecule has 1 rings (SSSR count). The number of hydrogen-bond acceptors (Lipinski definition) is 3. The van der Waals surface area contributed by atoms with Crippen LogP contribution < -0.4 is 10.2 Å². The summed E-state index contributed by atoms with van der Waals surface area (Å²) < 4.78 is 0. The molecule has 0 saturated heterocycles. The number of rotatable bonds is 6. The van der Waals surface area contributed by atoms with Crippen LogP contribution in [0.25, 0.3) is 0 Å². The highest BCUT2D eigenvalue weighted by Gasteiger charge is 2.10. The number of hydrogen-bond donors (Lipinski definition) is 1. The summed E-state index contributed by atoms with van der Waals surface area (Å²) in [4.78, 5) is 6.41. The molecule has 1 aromatic heterocycles. The molecular formula is C13H18ClN3. The third-order valence-electron chi connectivity index (χ3n) is 2.33. The maximum atomic E-state index is 6.23. The lowest BCUT2D eigenvalue weighted by Crippen LogP contribution is -2.25. The maximum absolute atomic E-state index is 6.23. The Hall–Kier alpha value is -1.24. The van der Waals surface area contributed by atoms with E-state index in [0.717, 1.165) is 30.9 Å². The highest BCUT2D eigenvalue weighted by molar-refractivity contribution is 6.33. The molecule has 0 amide bonds. The summed E-state index contributed by atoms with van der Waals surface area (Å²) in [7, 11) is 1.89. The quantitative estimate of drug-likeness (QED) is 0.787. The van der Waals surface area contributed by atoms with Crippen molar-refractivity contribution in [3.8, 4) is 12.3 Å². The number of halogens is 1. The van der Waals surface area contributed by atoms with E-state index in [4.69, 9.17) is 18.0 Å². The topological polar surface area (TPSA) is 28.2 Å². The van der Waals surface area contributed by atoms with Crippen molar-refractivity contribution in [1.29, 1.82) is 0 Å². The Morgan fingerprint density at radius 1 is 1.59 bits per heavy atom. The predicted octanol–water partition coefficient (Wildman–Crippen LogP) is 2.30. The van der Waals surface area contributed by atoms with E-state index in [-0.39, 0.29) is 0 Å². The Kier molecular flexibility index (Phi) is 5.82. The van der Waals surface area contributed by atoms with Gasteiger partial charge in [0.05, 0.1) is 11.6 Å². The van der Waals surface area contributed by atoms with Crippen LogP contribution in [0, 0.1) is 12.3 Å². The molecule has 0 fully saturated rings.